The number of hydrogen-bond donors (Lipinski definition) is 3. The second-order valence-electron chi connectivity index (χ2n) is 10.7. The van der Waals surface area contributed by atoms with E-state index in [2.05, 4.69) is 22.8 Å². The van der Waals surface area contributed by atoms with Gasteiger partial charge in [-0.3, -0.25) is 0 Å². The molecule has 0 bridgehead atoms. The number of alkyl carbamates (subject to hydrolysis) is 2. The Morgan fingerprint density at radius 1 is 0.636 bits per heavy atom. The zero-order chi connectivity index (χ0) is 30.5. The van der Waals surface area contributed by atoms with Crippen molar-refractivity contribution in [3.63, 3.8) is 0 Å². The zero-order valence-electron chi connectivity index (χ0n) is 23.9. The van der Waals surface area contributed by atoms with Crippen LogP contribution < -0.4 is 10.6 Å². The predicted octanol–water partition coefficient (Wildman–Crippen LogP) is 5.53. The average molecular weight is 593 g/mol. The first-order valence-electron chi connectivity index (χ1n) is 14.5. The summed E-state index contributed by atoms with van der Waals surface area (Å²) in [6.45, 7) is 0.0865. The van der Waals surface area contributed by atoms with Crippen molar-refractivity contribution in [1.29, 1.82) is 0 Å². The van der Waals surface area contributed by atoms with E-state index in [9.17, 15) is 19.5 Å². The lowest BCUT2D eigenvalue weighted by Gasteiger charge is -2.18. The molecule has 3 N–H and O–H groups in total. The normalized spacial score (nSPS) is 13.6. The summed E-state index contributed by atoms with van der Waals surface area (Å²) < 4.78 is 16.4. The first kappa shape index (κ1) is 28.9. The maximum absolute atomic E-state index is 12.5. The van der Waals surface area contributed by atoms with E-state index in [0.29, 0.717) is 0 Å². The second-order valence-corrected chi connectivity index (χ2v) is 10.7. The van der Waals surface area contributed by atoms with Gasteiger partial charge in [0.15, 0.2) is 6.04 Å². The van der Waals surface area contributed by atoms with Crippen LogP contribution in [0.15, 0.2) is 97.1 Å². The number of rotatable bonds is 11. The molecular formula is C35H32N2O7. The number of aliphatic carboxylic acids is 1. The third-order valence-electron chi connectivity index (χ3n) is 8.08. The van der Waals surface area contributed by atoms with Crippen LogP contribution in [0.2, 0.25) is 0 Å². The van der Waals surface area contributed by atoms with Gasteiger partial charge in [-0.25, -0.2) is 14.4 Å². The summed E-state index contributed by atoms with van der Waals surface area (Å²) in [7, 11) is 0. The minimum absolute atomic E-state index is 0.0281. The van der Waals surface area contributed by atoms with Gasteiger partial charge in [-0.15, -0.1) is 0 Å². The smallest absolute Gasteiger partial charge is 0.407 e. The lowest BCUT2D eigenvalue weighted by molar-refractivity contribution is -0.141. The highest BCUT2D eigenvalue weighted by Gasteiger charge is 2.31. The van der Waals surface area contributed by atoms with Gasteiger partial charge < -0.3 is 30.0 Å². The molecule has 44 heavy (non-hydrogen) atoms. The van der Waals surface area contributed by atoms with Crippen LogP contribution in [0.3, 0.4) is 0 Å². The largest absolute Gasteiger partial charge is 0.480 e. The summed E-state index contributed by atoms with van der Waals surface area (Å²) in [6.07, 6.45) is -1.44. The van der Waals surface area contributed by atoms with Crippen molar-refractivity contribution >= 4 is 18.2 Å². The molecule has 0 saturated carbocycles. The van der Waals surface area contributed by atoms with Crippen molar-refractivity contribution in [3.05, 3.63) is 119 Å². The van der Waals surface area contributed by atoms with E-state index in [1.807, 2.05) is 84.9 Å². The van der Waals surface area contributed by atoms with E-state index in [1.165, 1.54) is 0 Å². The van der Waals surface area contributed by atoms with Gasteiger partial charge in [0, 0.05) is 18.4 Å². The molecule has 0 saturated heterocycles. The van der Waals surface area contributed by atoms with Crippen molar-refractivity contribution in [2.24, 2.45) is 0 Å². The zero-order valence-corrected chi connectivity index (χ0v) is 23.9. The molecule has 0 unspecified atom stereocenters. The van der Waals surface area contributed by atoms with Crippen molar-refractivity contribution in [1.82, 2.24) is 10.6 Å². The molecule has 0 aliphatic heterocycles. The van der Waals surface area contributed by atoms with Gasteiger partial charge in [0.1, 0.15) is 13.2 Å². The lowest BCUT2D eigenvalue weighted by atomic mass is 9.98. The molecule has 9 heteroatoms. The second kappa shape index (κ2) is 13.0. The van der Waals surface area contributed by atoms with Crippen LogP contribution in [-0.4, -0.2) is 62.3 Å². The van der Waals surface area contributed by atoms with Crippen molar-refractivity contribution in [2.45, 2.75) is 17.9 Å². The maximum Gasteiger partial charge on any atom is 0.407 e. The first-order chi connectivity index (χ1) is 21.5. The van der Waals surface area contributed by atoms with E-state index in [0.717, 1.165) is 44.5 Å². The fourth-order valence-corrected chi connectivity index (χ4v) is 6.03. The first-order valence-corrected chi connectivity index (χ1v) is 14.5. The molecule has 0 fully saturated rings. The van der Waals surface area contributed by atoms with Gasteiger partial charge in [-0.2, -0.15) is 0 Å². The van der Waals surface area contributed by atoms with Gasteiger partial charge >= 0.3 is 18.2 Å². The molecule has 0 spiro atoms. The number of fused-ring (bicyclic) bond motifs is 6. The Morgan fingerprint density at radius 3 is 1.48 bits per heavy atom. The standard InChI is InChI=1S/C35H32N2O7/c38-33(39)32(37-35(41)44-20-31-28-15-7-3-11-24(28)25-12-4-8-16-29(25)31)21-42-18-17-36-34(40)43-19-30-26-13-5-1-9-22(26)23-10-2-6-14-27(23)30/h1-16,30-32H,17-21H2,(H,36,40)(H,37,41)(H,38,39)/t32-/m0/s1. The molecule has 2 aliphatic carbocycles. The van der Waals surface area contributed by atoms with Gasteiger partial charge in [-0.1, -0.05) is 97.1 Å². The van der Waals surface area contributed by atoms with Crippen LogP contribution >= 0.6 is 0 Å². The monoisotopic (exact) mass is 592 g/mol. The number of carbonyl (C=O) groups excluding carboxylic acids is 2. The van der Waals surface area contributed by atoms with Gasteiger partial charge in [0.2, 0.25) is 0 Å². The highest BCUT2D eigenvalue weighted by atomic mass is 16.6. The van der Waals surface area contributed by atoms with E-state index in [-0.39, 0.29) is 44.8 Å². The Kier molecular flexibility index (Phi) is 8.56. The fraction of sp³-hybridized carbons (Fsp3) is 0.229. The van der Waals surface area contributed by atoms with Crippen molar-refractivity contribution < 1.29 is 33.7 Å². The molecule has 6 rings (SSSR count). The highest BCUT2D eigenvalue weighted by molar-refractivity contribution is 5.81. The lowest BCUT2D eigenvalue weighted by Crippen LogP contribution is -2.45. The molecule has 224 valence electrons. The molecule has 0 heterocycles. The molecule has 2 aliphatic rings. The Balaban J connectivity index is 0.925. The van der Waals surface area contributed by atoms with Crippen LogP contribution in [0.25, 0.3) is 22.3 Å². The van der Waals surface area contributed by atoms with Crippen LogP contribution in [0.5, 0.6) is 0 Å². The predicted molar refractivity (Wildman–Crippen MR) is 164 cm³/mol. The minimum atomic E-state index is -1.32. The van der Waals surface area contributed by atoms with Crippen LogP contribution in [0.4, 0.5) is 9.59 Å². The fourth-order valence-electron chi connectivity index (χ4n) is 6.03. The Morgan fingerprint density at radius 2 is 1.05 bits per heavy atom. The topological polar surface area (TPSA) is 123 Å². The van der Waals surface area contributed by atoms with Gasteiger partial charge in [-0.05, 0) is 44.5 Å². The summed E-state index contributed by atoms with van der Waals surface area (Å²) in [5.41, 5.74) is 8.84. The van der Waals surface area contributed by atoms with Crippen molar-refractivity contribution in [3.8, 4) is 22.3 Å². The van der Waals surface area contributed by atoms with E-state index in [1.54, 1.807) is 0 Å². The summed E-state index contributed by atoms with van der Waals surface area (Å²) in [5.74, 6) is -1.45. The van der Waals surface area contributed by atoms with Crippen LogP contribution in [-0.2, 0) is 19.0 Å². The number of ether oxygens (including phenoxy) is 3. The number of carbonyl (C=O) groups is 3. The Bertz CT molecular complexity index is 1600. The van der Waals surface area contributed by atoms with E-state index >= 15 is 0 Å². The summed E-state index contributed by atoms with van der Waals surface area (Å²) >= 11 is 0. The molecular weight excluding hydrogens is 560 g/mol. The summed E-state index contributed by atoms with van der Waals surface area (Å²) in [5, 5.41) is 14.6. The van der Waals surface area contributed by atoms with E-state index in [4.69, 9.17) is 14.2 Å². The van der Waals surface area contributed by atoms with Crippen LogP contribution in [0, 0.1) is 0 Å². The molecule has 2 amide bonds. The Hall–Kier alpha value is -5.15. The number of amides is 2. The molecule has 1 atom stereocenters. The quantitative estimate of drug-likeness (QED) is 0.196. The molecule has 9 nitrogen and oxygen atoms in total. The number of benzene rings is 4. The highest BCUT2D eigenvalue weighted by Crippen LogP contribution is 2.45. The molecule has 4 aromatic rings. The number of carboxylic acid groups (broad SMARTS) is 1. The number of hydrogen-bond acceptors (Lipinski definition) is 6. The molecule has 4 aromatic carbocycles. The minimum Gasteiger partial charge on any atom is -0.480 e. The molecule has 0 radical (unpaired) electrons. The number of nitrogens with one attached hydrogen (secondary N) is 2. The third-order valence-corrected chi connectivity index (χ3v) is 8.08. The van der Waals surface area contributed by atoms with Gasteiger partial charge in [0.05, 0.1) is 13.2 Å². The van der Waals surface area contributed by atoms with Crippen molar-refractivity contribution in [2.75, 3.05) is 33.0 Å². The summed E-state index contributed by atoms with van der Waals surface area (Å²) in [6, 6.07) is 30.8. The SMILES string of the molecule is O=C(NCCOC[C@H](NC(=O)OCC1c2ccccc2-c2ccccc21)C(=O)O)OCC1c2ccccc2-c2ccccc21. The summed E-state index contributed by atoms with van der Waals surface area (Å²) in [4.78, 5) is 36.6. The number of carboxylic acids is 1. The third kappa shape index (κ3) is 6.00. The van der Waals surface area contributed by atoms with Gasteiger partial charge in [0.25, 0.3) is 0 Å². The molecule has 0 aromatic heterocycles. The van der Waals surface area contributed by atoms with Crippen LogP contribution in [0.1, 0.15) is 34.1 Å². The Labute approximate surface area is 254 Å². The maximum atomic E-state index is 12.5. The average Bonchev–Trinajstić information content (AvgIpc) is 3.54. The van der Waals surface area contributed by atoms with E-state index < -0.39 is 24.2 Å².